The normalized spacial score (nSPS) is 16.8. The zero-order valence-corrected chi connectivity index (χ0v) is 18.3. The average molecular weight is 427 g/mol. The van der Waals surface area contributed by atoms with Crippen LogP contribution in [-0.2, 0) is 38.7 Å². The van der Waals surface area contributed by atoms with Gasteiger partial charge in [0, 0.05) is 25.2 Å². The molecule has 2 rings (SSSR count). The first-order valence-electron chi connectivity index (χ1n) is 8.70. The largest absolute Gasteiger partial charge is 0.467 e. The minimum atomic E-state index is -1.33. The second kappa shape index (κ2) is 8.97. The molecule has 0 aliphatic carbocycles. The lowest BCUT2D eigenvalue weighted by atomic mass is 9.98. The van der Waals surface area contributed by atoms with Gasteiger partial charge in [0.05, 0.1) is 26.3 Å². The first-order chi connectivity index (χ1) is 13.6. The lowest BCUT2D eigenvalue weighted by Gasteiger charge is -2.18. The maximum Gasteiger partial charge on any atom is 0.339 e. The SMILES string of the molecule is COC(=O)C(OC)C1=C(C(OC)C(=O)OC)C(=O)N(c2nnc(C(C)(C)C)s2)C1. The number of methoxy groups -OCH3 is 4. The molecule has 11 heteroatoms. The summed E-state index contributed by atoms with van der Waals surface area (Å²) in [5.41, 5.74) is -0.0434. The Morgan fingerprint density at radius 1 is 1.00 bits per heavy atom. The summed E-state index contributed by atoms with van der Waals surface area (Å²) in [5.74, 6) is -2.02. The van der Waals surface area contributed by atoms with E-state index < -0.39 is 30.1 Å². The third-order valence-corrected chi connectivity index (χ3v) is 5.69. The summed E-state index contributed by atoms with van der Waals surface area (Å²) in [6, 6.07) is 0. The van der Waals surface area contributed by atoms with Crippen molar-refractivity contribution in [2.75, 3.05) is 39.9 Å². The zero-order chi connectivity index (χ0) is 21.9. The van der Waals surface area contributed by atoms with Crippen LogP contribution in [0.15, 0.2) is 11.1 Å². The number of rotatable bonds is 7. The standard InChI is InChI=1S/C18H25N3O7S/c1-18(2,3)16-19-20-17(29-16)21-8-9(11(25-4)14(23)27-6)10(13(21)22)12(26-5)15(24)28-7/h11-12H,8H2,1-7H3. The van der Waals surface area contributed by atoms with Crippen LogP contribution in [0, 0.1) is 0 Å². The molecule has 0 fully saturated rings. The van der Waals surface area contributed by atoms with Gasteiger partial charge >= 0.3 is 11.9 Å². The van der Waals surface area contributed by atoms with Gasteiger partial charge in [-0.1, -0.05) is 32.1 Å². The van der Waals surface area contributed by atoms with Crippen molar-refractivity contribution in [1.29, 1.82) is 0 Å². The summed E-state index contributed by atoms with van der Waals surface area (Å²) in [6.07, 6.45) is -2.52. The fraction of sp³-hybridized carbons (Fsp3) is 0.611. The molecule has 1 aliphatic rings. The molecular formula is C18H25N3O7S. The van der Waals surface area contributed by atoms with Crippen LogP contribution in [-0.4, -0.2) is 75.2 Å². The molecule has 10 nitrogen and oxygen atoms in total. The van der Waals surface area contributed by atoms with E-state index in [4.69, 9.17) is 18.9 Å². The molecule has 1 amide bonds. The summed E-state index contributed by atoms with van der Waals surface area (Å²) in [6.45, 7) is 5.91. The fourth-order valence-corrected chi connectivity index (χ4v) is 3.72. The van der Waals surface area contributed by atoms with Gasteiger partial charge in [-0.3, -0.25) is 9.69 Å². The van der Waals surface area contributed by atoms with Crippen LogP contribution < -0.4 is 4.90 Å². The van der Waals surface area contributed by atoms with Crippen molar-refractivity contribution >= 4 is 34.3 Å². The topological polar surface area (TPSA) is 117 Å². The highest BCUT2D eigenvalue weighted by molar-refractivity contribution is 7.15. The van der Waals surface area contributed by atoms with Crippen molar-refractivity contribution in [3.63, 3.8) is 0 Å². The van der Waals surface area contributed by atoms with Gasteiger partial charge in [0.1, 0.15) is 5.01 Å². The second-order valence-electron chi connectivity index (χ2n) is 7.25. The molecule has 2 atom stereocenters. The van der Waals surface area contributed by atoms with Crippen molar-refractivity contribution in [1.82, 2.24) is 10.2 Å². The molecule has 0 radical (unpaired) electrons. The average Bonchev–Trinajstić information content (AvgIpc) is 3.29. The fourth-order valence-electron chi connectivity index (χ4n) is 2.82. The van der Waals surface area contributed by atoms with Gasteiger partial charge in [0.25, 0.3) is 5.91 Å². The van der Waals surface area contributed by atoms with Crippen LogP contribution in [0.25, 0.3) is 0 Å². The summed E-state index contributed by atoms with van der Waals surface area (Å²) in [4.78, 5) is 39.0. The van der Waals surface area contributed by atoms with E-state index in [1.165, 1.54) is 44.7 Å². The predicted octanol–water partition coefficient (Wildman–Crippen LogP) is 0.855. The first-order valence-corrected chi connectivity index (χ1v) is 9.52. The van der Waals surface area contributed by atoms with Gasteiger partial charge in [0.2, 0.25) is 5.13 Å². The van der Waals surface area contributed by atoms with Gasteiger partial charge in [-0.15, -0.1) is 10.2 Å². The van der Waals surface area contributed by atoms with E-state index in [-0.39, 0.29) is 23.1 Å². The van der Waals surface area contributed by atoms with Gasteiger partial charge in [-0.2, -0.15) is 0 Å². The number of aromatic nitrogens is 2. The number of carbonyl (C=O) groups excluding carboxylic acids is 3. The molecule has 160 valence electrons. The van der Waals surface area contributed by atoms with Crippen LogP contribution in [0.5, 0.6) is 0 Å². The number of esters is 2. The minimum Gasteiger partial charge on any atom is -0.467 e. The third-order valence-electron chi connectivity index (χ3n) is 4.32. The molecule has 1 aromatic rings. The van der Waals surface area contributed by atoms with E-state index in [9.17, 15) is 14.4 Å². The second-order valence-corrected chi connectivity index (χ2v) is 8.20. The molecule has 1 aliphatic heterocycles. The van der Waals surface area contributed by atoms with Crippen molar-refractivity contribution < 1.29 is 33.3 Å². The Morgan fingerprint density at radius 3 is 2.00 bits per heavy atom. The maximum atomic E-state index is 13.2. The van der Waals surface area contributed by atoms with Gasteiger partial charge in [-0.25, -0.2) is 9.59 Å². The Kier molecular flexibility index (Phi) is 7.09. The third kappa shape index (κ3) is 4.46. The molecule has 1 aromatic heterocycles. The summed E-state index contributed by atoms with van der Waals surface area (Å²) >= 11 is 1.25. The van der Waals surface area contributed by atoms with Gasteiger partial charge < -0.3 is 18.9 Å². The van der Waals surface area contributed by atoms with Crippen molar-refractivity contribution in [3.8, 4) is 0 Å². The number of carbonyl (C=O) groups is 3. The lowest BCUT2D eigenvalue weighted by molar-refractivity contribution is -0.152. The predicted molar refractivity (Wildman–Crippen MR) is 104 cm³/mol. The Balaban J connectivity index is 2.54. The highest BCUT2D eigenvalue weighted by Crippen LogP contribution is 2.35. The smallest absolute Gasteiger partial charge is 0.339 e. The molecular weight excluding hydrogens is 402 g/mol. The lowest BCUT2D eigenvalue weighted by Crippen LogP contribution is -2.35. The first kappa shape index (κ1) is 22.9. The monoisotopic (exact) mass is 427 g/mol. The molecule has 29 heavy (non-hydrogen) atoms. The van der Waals surface area contributed by atoms with Crippen LogP contribution >= 0.6 is 11.3 Å². The van der Waals surface area contributed by atoms with Gasteiger partial charge in [-0.05, 0) is 0 Å². The Labute approximate surface area is 172 Å². The number of hydrogen-bond acceptors (Lipinski definition) is 10. The molecule has 2 unspecified atom stereocenters. The van der Waals surface area contributed by atoms with E-state index in [0.29, 0.717) is 5.13 Å². The van der Waals surface area contributed by atoms with Crippen LogP contribution in [0.3, 0.4) is 0 Å². The van der Waals surface area contributed by atoms with E-state index in [1.807, 2.05) is 20.8 Å². The highest BCUT2D eigenvalue weighted by Gasteiger charge is 2.45. The van der Waals surface area contributed by atoms with Crippen molar-refractivity contribution in [2.45, 2.75) is 38.4 Å². The highest BCUT2D eigenvalue weighted by atomic mass is 32.1. The molecule has 0 saturated carbocycles. The van der Waals surface area contributed by atoms with Crippen LogP contribution in [0.2, 0.25) is 0 Å². The van der Waals surface area contributed by atoms with Crippen LogP contribution in [0.1, 0.15) is 25.8 Å². The minimum absolute atomic E-state index is 0.0304. The number of nitrogens with zero attached hydrogens (tertiary/aromatic N) is 3. The molecule has 0 bridgehead atoms. The zero-order valence-electron chi connectivity index (χ0n) is 17.5. The number of anilines is 1. The molecule has 0 N–H and O–H groups in total. The Morgan fingerprint density at radius 2 is 1.55 bits per heavy atom. The molecule has 0 aromatic carbocycles. The Bertz CT molecular complexity index is 828. The summed E-state index contributed by atoms with van der Waals surface area (Å²) < 4.78 is 20.0. The van der Waals surface area contributed by atoms with E-state index in [1.54, 1.807) is 0 Å². The number of amides is 1. The van der Waals surface area contributed by atoms with E-state index in [0.717, 1.165) is 5.01 Å². The molecule has 0 spiro atoms. The van der Waals surface area contributed by atoms with Crippen molar-refractivity contribution in [2.24, 2.45) is 0 Å². The summed E-state index contributed by atoms with van der Waals surface area (Å²) in [7, 11) is 4.96. The molecule has 0 saturated heterocycles. The molecule has 2 heterocycles. The van der Waals surface area contributed by atoms with E-state index in [2.05, 4.69) is 10.2 Å². The maximum absolute atomic E-state index is 13.2. The van der Waals surface area contributed by atoms with Crippen LogP contribution in [0.4, 0.5) is 5.13 Å². The number of ether oxygens (including phenoxy) is 4. The summed E-state index contributed by atoms with van der Waals surface area (Å²) in [5, 5.41) is 9.36. The number of hydrogen-bond donors (Lipinski definition) is 0. The van der Waals surface area contributed by atoms with Crippen molar-refractivity contribution in [3.05, 3.63) is 16.2 Å². The van der Waals surface area contributed by atoms with E-state index >= 15 is 0 Å². The quantitative estimate of drug-likeness (QED) is 0.584. The van der Waals surface area contributed by atoms with Gasteiger partial charge in [0.15, 0.2) is 12.2 Å². The Hall–Kier alpha value is -2.37.